The quantitative estimate of drug-likeness (QED) is 0.794. The molecule has 3 heterocycles. The van der Waals surface area contributed by atoms with Crippen molar-refractivity contribution in [3.05, 3.63) is 32.6 Å². The molecular formula is C19H26N4O4. The zero-order valence-electron chi connectivity index (χ0n) is 16.3. The molecule has 2 aromatic heterocycles. The van der Waals surface area contributed by atoms with Crippen LogP contribution in [-0.2, 0) is 24.8 Å². The molecule has 8 nitrogen and oxygen atoms in total. The topological polar surface area (TPSA) is 86.4 Å². The molecule has 0 aliphatic carbocycles. The van der Waals surface area contributed by atoms with Crippen LogP contribution in [0.15, 0.2) is 15.8 Å². The zero-order chi connectivity index (χ0) is 19.7. The number of aryl methyl sites for hydroxylation is 2. The van der Waals surface area contributed by atoms with Gasteiger partial charge in [0.1, 0.15) is 17.7 Å². The minimum Gasteiger partial charge on any atom is -0.495 e. The lowest BCUT2D eigenvalue weighted by molar-refractivity contribution is -0.133. The molecule has 3 rings (SSSR count). The van der Waals surface area contributed by atoms with Gasteiger partial charge < -0.3 is 9.64 Å². The Hall–Kier alpha value is -2.64. The van der Waals surface area contributed by atoms with Crippen LogP contribution in [0.4, 0.5) is 0 Å². The van der Waals surface area contributed by atoms with Gasteiger partial charge >= 0.3 is 5.69 Å². The maximum atomic E-state index is 13.1. The standard InChI is InChI=1S/C19H26N4O4/c1-5-13-10-20-17-15(16(13)27-4)18(25)23(19(26)21(17)3)11-14(24)22-8-6-12(2)7-9-22/h10,12H,5-9,11H2,1-4H3. The summed E-state index contributed by atoms with van der Waals surface area (Å²) in [7, 11) is 3.04. The number of hydrogen-bond donors (Lipinski definition) is 0. The maximum absolute atomic E-state index is 13.1. The fraction of sp³-hybridized carbons (Fsp3) is 0.579. The zero-order valence-corrected chi connectivity index (χ0v) is 16.3. The molecule has 1 amide bonds. The summed E-state index contributed by atoms with van der Waals surface area (Å²) in [6, 6.07) is 0. The number of ether oxygens (including phenoxy) is 1. The molecule has 2 aromatic rings. The third-order valence-electron chi connectivity index (χ3n) is 5.39. The number of rotatable bonds is 4. The van der Waals surface area contributed by atoms with Crippen LogP contribution in [0.25, 0.3) is 11.0 Å². The van der Waals surface area contributed by atoms with E-state index < -0.39 is 11.2 Å². The van der Waals surface area contributed by atoms with E-state index in [1.807, 2.05) is 6.92 Å². The highest BCUT2D eigenvalue weighted by molar-refractivity contribution is 5.83. The summed E-state index contributed by atoms with van der Waals surface area (Å²) in [6.45, 7) is 5.15. The molecule has 0 bridgehead atoms. The molecule has 1 aliphatic rings. The van der Waals surface area contributed by atoms with Crippen LogP contribution in [0.1, 0.15) is 32.3 Å². The van der Waals surface area contributed by atoms with E-state index >= 15 is 0 Å². The Morgan fingerprint density at radius 3 is 2.56 bits per heavy atom. The van der Waals surface area contributed by atoms with Crippen molar-refractivity contribution >= 4 is 16.9 Å². The molecule has 1 aliphatic heterocycles. The van der Waals surface area contributed by atoms with Crippen molar-refractivity contribution in [2.24, 2.45) is 13.0 Å². The van der Waals surface area contributed by atoms with Crippen LogP contribution in [0.3, 0.4) is 0 Å². The number of pyridine rings is 1. The molecule has 0 atom stereocenters. The van der Waals surface area contributed by atoms with Gasteiger partial charge in [0.2, 0.25) is 5.91 Å². The Balaban J connectivity index is 2.09. The summed E-state index contributed by atoms with van der Waals surface area (Å²) in [5.74, 6) is 0.795. The van der Waals surface area contributed by atoms with Gasteiger partial charge in [0, 0.05) is 31.9 Å². The fourth-order valence-corrected chi connectivity index (χ4v) is 3.58. The minimum atomic E-state index is -0.551. The summed E-state index contributed by atoms with van der Waals surface area (Å²) in [4.78, 5) is 44.5. The highest BCUT2D eigenvalue weighted by Crippen LogP contribution is 2.25. The van der Waals surface area contributed by atoms with E-state index in [9.17, 15) is 14.4 Å². The summed E-state index contributed by atoms with van der Waals surface area (Å²) < 4.78 is 7.74. The van der Waals surface area contributed by atoms with Gasteiger partial charge in [-0.2, -0.15) is 0 Å². The first-order chi connectivity index (χ1) is 12.9. The Bertz CT molecular complexity index is 984. The van der Waals surface area contributed by atoms with Gasteiger partial charge in [-0.25, -0.2) is 14.3 Å². The van der Waals surface area contributed by atoms with E-state index in [0.717, 1.165) is 23.0 Å². The lowest BCUT2D eigenvalue weighted by atomic mass is 9.99. The number of amides is 1. The van der Waals surface area contributed by atoms with Crippen LogP contribution in [0.2, 0.25) is 0 Å². The number of piperidine rings is 1. The summed E-state index contributed by atoms with van der Waals surface area (Å²) in [5, 5.41) is 0.235. The molecular weight excluding hydrogens is 348 g/mol. The smallest absolute Gasteiger partial charge is 0.332 e. The van der Waals surface area contributed by atoms with Gasteiger partial charge in [0.05, 0.1) is 7.11 Å². The second kappa shape index (κ2) is 7.54. The van der Waals surface area contributed by atoms with E-state index in [-0.39, 0.29) is 23.5 Å². The molecule has 0 saturated carbocycles. The summed E-state index contributed by atoms with van der Waals surface area (Å²) >= 11 is 0. The van der Waals surface area contributed by atoms with E-state index in [1.165, 1.54) is 11.7 Å². The molecule has 146 valence electrons. The molecule has 0 aromatic carbocycles. The number of fused-ring (bicyclic) bond motifs is 1. The molecule has 8 heteroatoms. The average Bonchev–Trinajstić information content (AvgIpc) is 2.68. The van der Waals surface area contributed by atoms with Gasteiger partial charge in [0.25, 0.3) is 5.56 Å². The van der Waals surface area contributed by atoms with Crippen LogP contribution in [0.5, 0.6) is 5.75 Å². The first-order valence-corrected chi connectivity index (χ1v) is 9.32. The second-order valence-electron chi connectivity index (χ2n) is 7.17. The second-order valence-corrected chi connectivity index (χ2v) is 7.17. The van der Waals surface area contributed by atoms with Crippen molar-refractivity contribution in [1.82, 2.24) is 19.0 Å². The van der Waals surface area contributed by atoms with Crippen molar-refractivity contribution in [2.45, 2.75) is 39.7 Å². The summed E-state index contributed by atoms with van der Waals surface area (Å²) in [5.41, 5.74) is -0.0466. The maximum Gasteiger partial charge on any atom is 0.332 e. The van der Waals surface area contributed by atoms with Crippen molar-refractivity contribution < 1.29 is 9.53 Å². The molecule has 0 radical (unpaired) electrons. The first-order valence-electron chi connectivity index (χ1n) is 9.32. The predicted octanol–water partition coefficient (Wildman–Crippen LogP) is 0.925. The average molecular weight is 374 g/mol. The molecule has 1 fully saturated rings. The van der Waals surface area contributed by atoms with Crippen molar-refractivity contribution in [1.29, 1.82) is 0 Å². The predicted molar refractivity (Wildman–Crippen MR) is 102 cm³/mol. The van der Waals surface area contributed by atoms with Gasteiger partial charge in [0.15, 0.2) is 5.65 Å². The van der Waals surface area contributed by atoms with Crippen LogP contribution in [0, 0.1) is 5.92 Å². The van der Waals surface area contributed by atoms with Gasteiger partial charge in [-0.3, -0.25) is 14.2 Å². The Labute approximate surface area is 157 Å². The van der Waals surface area contributed by atoms with E-state index in [2.05, 4.69) is 11.9 Å². The van der Waals surface area contributed by atoms with Crippen molar-refractivity contribution in [3.8, 4) is 5.75 Å². The molecule has 0 N–H and O–H groups in total. The number of methoxy groups -OCH3 is 1. The number of hydrogen-bond acceptors (Lipinski definition) is 5. The SMILES string of the molecule is CCc1cnc2c(c1OC)c(=O)n(CC(=O)N1CCC(C)CC1)c(=O)n2C. The lowest BCUT2D eigenvalue weighted by Crippen LogP contribution is -2.46. The van der Waals surface area contributed by atoms with Crippen LogP contribution < -0.4 is 16.0 Å². The number of nitrogens with zero attached hydrogens (tertiary/aromatic N) is 4. The van der Waals surface area contributed by atoms with Crippen molar-refractivity contribution in [2.75, 3.05) is 20.2 Å². The molecule has 27 heavy (non-hydrogen) atoms. The highest BCUT2D eigenvalue weighted by Gasteiger charge is 2.24. The Kier molecular flexibility index (Phi) is 5.34. The van der Waals surface area contributed by atoms with Crippen molar-refractivity contribution in [3.63, 3.8) is 0 Å². The molecule has 0 spiro atoms. The number of carbonyl (C=O) groups excluding carboxylic acids is 1. The minimum absolute atomic E-state index is 0.209. The number of likely N-dealkylation sites (tertiary alicyclic amines) is 1. The molecule has 0 unspecified atom stereocenters. The summed E-state index contributed by atoms with van der Waals surface area (Å²) in [6.07, 6.45) is 4.13. The van der Waals surface area contributed by atoms with E-state index in [4.69, 9.17) is 4.74 Å². The van der Waals surface area contributed by atoms with E-state index in [1.54, 1.807) is 18.1 Å². The number of carbonyl (C=O) groups is 1. The fourth-order valence-electron chi connectivity index (χ4n) is 3.58. The van der Waals surface area contributed by atoms with E-state index in [0.29, 0.717) is 31.2 Å². The number of aromatic nitrogens is 3. The monoisotopic (exact) mass is 374 g/mol. The van der Waals surface area contributed by atoms with Crippen LogP contribution in [-0.4, -0.2) is 45.1 Å². The Morgan fingerprint density at radius 2 is 1.96 bits per heavy atom. The third kappa shape index (κ3) is 3.36. The third-order valence-corrected chi connectivity index (χ3v) is 5.39. The van der Waals surface area contributed by atoms with Gasteiger partial charge in [-0.15, -0.1) is 0 Å². The Morgan fingerprint density at radius 1 is 1.30 bits per heavy atom. The highest BCUT2D eigenvalue weighted by atomic mass is 16.5. The first kappa shape index (κ1) is 19.1. The largest absolute Gasteiger partial charge is 0.495 e. The lowest BCUT2D eigenvalue weighted by Gasteiger charge is -2.30. The van der Waals surface area contributed by atoms with Gasteiger partial charge in [-0.1, -0.05) is 13.8 Å². The normalized spacial score (nSPS) is 15.3. The van der Waals surface area contributed by atoms with Crippen LogP contribution >= 0.6 is 0 Å². The van der Waals surface area contributed by atoms with Gasteiger partial charge in [-0.05, 0) is 25.2 Å². The molecule has 1 saturated heterocycles.